The maximum atomic E-state index is 12.2. The average molecular weight is 352 g/mol. The van der Waals surface area contributed by atoms with Crippen LogP contribution in [0, 0.1) is 6.92 Å². The second-order valence-corrected chi connectivity index (χ2v) is 5.76. The average Bonchev–Trinajstić information content (AvgIpc) is 3.14. The molecule has 0 fully saturated rings. The third kappa shape index (κ3) is 4.63. The van der Waals surface area contributed by atoms with Crippen LogP contribution in [-0.2, 0) is 13.2 Å². The molecule has 1 heterocycles. The van der Waals surface area contributed by atoms with Crippen LogP contribution in [0.5, 0.6) is 11.5 Å². The molecule has 0 saturated carbocycles. The molecule has 1 aromatic heterocycles. The Morgan fingerprint density at radius 1 is 1.15 bits per heavy atom. The number of hydrogen-bond donors (Lipinski definition) is 1. The molecule has 2 aromatic carbocycles. The van der Waals surface area contributed by atoms with Crippen molar-refractivity contribution in [3.05, 3.63) is 77.5 Å². The first-order valence-corrected chi connectivity index (χ1v) is 8.19. The lowest BCUT2D eigenvalue weighted by Crippen LogP contribution is -2.23. The Bertz CT molecular complexity index is 872. The van der Waals surface area contributed by atoms with E-state index in [0.29, 0.717) is 18.2 Å². The van der Waals surface area contributed by atoms with Gasteiger partial charge in [-0.05, 0) is 36.8 Å². The molecule has 0 radical (unpaired) electrons. The number of amides is 1. The van der Waals surface area contributed by atoms with Crippen molar-refractivity contribution in [1.82, 2.24) is 10.3 Å². The smallest absolute Gasteiger partial charge is 0.273 e. The third-order valence-electron chi connectivity index (χ3n) is 3.74. The number of carbonyl (C=O) groups is 1. The molecule has 0 saturated heterocycles. The van der Waals surface area contributed by atoms with Gasteiger partial charge in [0.15, 0.2) is 12.3 Å². The molecule has 0 spiro atoms. The van der Waals surface area contributed by atoms with Crippen molar-refractivity contribution in [2.24, 2.45) is 0 Å². The Kier molecular flexibility index (Phi) is 5.53. The summed E-state index contributed by atoms with van der Waals surface area (Å²) in [6.07, 6.45) is 1.33. The normalized spacial score (nSPS) is 10.4. The number of hydrogen-bond acceptors (Lipinski definition) is 5. The maximum Gasteiger partial charge on any atom is 0.273 e. The van der Waals surface area contributed by atoms with Crippen molar-refractivity contribution in [1.29, 1.82) is 0 Å². The van der Waals surface area contributed by atoms with Crippen molar-refractivity contribution in [2.45, 2.75) is 20.1 Å². The van der Waals surface area contributed by atoms with E-state index >= 15 is 0 Å². The number of oxazole rings is 1. The summed E-state index contributed by atoms with van der Waals surface area (Å²) < 4.78 is 16.0. The van der Waals surface area contributed by atoms with E-state index in [-0.39, 0.29) is 18.2 Å². The van der Waals surface area contributed by atoms with Crippen molar-refractivity contribution in [3.63, 3.8) is 0 Å². The molecule has 0 aliphatic carbocycles. The molecule has 1 N–H and O–H groups in total. The Balaban J connectivity index is 1.52. The first-order chi connectivity index (χ1) is 12.6. The molecule has 0 unspecified atom stereocenters. The number of methoxy groups -OCH3 is 1. The summed E-state index contributed by atoms with van der Waals surface area (Å²) in [5.41, 5.74) is 2.41. The van der Waals surface area contributed by atoms with Crippen LogP contribution < -0.4 is 14.8 Å². The first kappa shape index (κ1) is 17.5. The standard InChI is InChI=1S/C20H20N2O4/c1-14-4-3-5-15(10-14)11-21-20(23)18-12-26-19(22-18)13-25-17-8-6-16(24-2)7-9-17/h3-10,12H,11,13H2,1-2H3,(H,21,23). The number of nitrogens with one attached hydrogen (secondary N) is 1. The molecule has 6 heteroatoms. The monoisotopic (exact) mass is 352 g/mol. The van der Waals surface area contributed by atoms with E-state index < -0.39 is 0 Å². The lowest BCUT2D eigenvalue weighted by atomic mass is 10.1. The highest BCUT2D eigenvalue weighted by atomic mass is 16.5. The number of carbonyl (C=O) groups excluding carboxylic acids is 1. The van der Waals surface area contributed by atoms with Gasteiger partial charge in [0, 0.05) is 6.54 Å². The topological polar surface area (TPSA) is 73.6 Å². The zero-order valence-electron chi connectivity index (χ0n) is 14.7. The van der Waals surface area contributed by atoms with Gasteiger partial charge in [0.25, 0.3) is 5.91 Å². The zero-order chi connectivity index (χ0) is 18.4. The van der Waals surface area contributed by atoms with Crippen molar-refractivity contribution < 1.29 is 18.7 Å². The third-order valence-corrected chi connectivity index (χ3v) is 3.74. The van der Waals surface area contributed by atoms with E-state index in [2.05, 4.69) is 10.3 Å². The van der Waals surface area contributed by atoms with Gasteiger partial charge in [0.1, 0.15) is 17.8 Å². The highest BCUT2D eigenvalue weighted by Gasteiger charge is 2.12. The number of rotatable bonds is 7. The van der Waals surface area contributed by atoms with E-state index in [1.807, 2.05) is 31.2 Å². The lowest BCUT2D eigenvalue weighted by molar-refractivity contribution is 0.0946. The summed E-state index contributed by atoms with van der Waals surface area (Å²) in [6.45, 7) is 2.58. The number of nitrogens with zero attached hydrogens (tertiary/aromatic N) is 1. The first-order valence-electron chi connectivity index (χ1n) is 8.19. The van der Waals surface area contributed by atoms with Crippen LogP contribution in [0.4, 0.5) is 0 Å². The largest absolute Gasteiger partial charge is 0.497 e. The number of ether oxygens (including phenoxy) is 2. The fraction of sp³-hybridized carbons (Fsp3) is 0.200. The van der Waals surface area contributed by atoms with Gasteiger partial charge in [-0.3, -0.25) is 4.79 Å². The van der Waals surface area contributed by atoms with Crippen LogP contribution in [0.2, 0.25) is 0 Å². The van der Waals surface area contributed by atoms with Gasteiger partial charge in [0.05, 0.1) is 7.11 Å². The summed E-state index contributed by atoms with van der Waals surface area (Å²) in [5.74, 6) is 1.46. The summed E-state index contributed by atoms with van der Waals surface area (Å²) in [5, 5.41) is 2.83. The lowest BCUT2D eigenvalue weighted by Gasteiger charge is -2.05. The number of aromatic nitrogens is 1. The second-order valence-electron chi connectivity index (χ2n) is 5.76. The van der Waals surface area contributed by atoms with E-state index in [0.717, 1.165) is 16.9 Å². The molecular weight excluding hydrogens is 332 g/mol. The molecule has 3 aromatic rings. The number of benzene rings is 2. The summed E-state index contributed by atoms with van der Waals surface area (Å²) in [4.78, 5) is 16.3. The van der Waals surface area contributed by atoms with Crippen LogP contribution in [0.15, 0.2) is 59.2 Å². The van der Waals surface area contributed by atoms with Crippen LogP contribution in [0.3, 0.4) is 0 Å². The highest BCUT2D eigenvalue weighted by molar-refractivity contribution is 5.91. The predicted octanol–water partition coefficient (Wildman–Crippen LogP) is 3.50. The molecule has 1 amide bonds. The van der Waals surface area contributed by atoms with Crippen LogP contribution >= 0.6 is 0 Å². The SMILES string of the molecule is COc1ccc(OCc2nc(C(=O)NCc3cccc(C)c3)co2)cc1. The molecular formula is C20H20N2O4. The Morgan fingerprint density at radius 2 is 1.92 bits per heavy atom. The molecule has 26 heavy (non-hydrogen) atoms. The summed E-state index contributed by atoms with van der Waals surface area (Å²) >= 11 is 0. The molecule has 0 bridgehead atoms. The van der Waals surface area contributed by atoms with E-state index in [1.54, 1.807) is 31.4 Å². The zero-order valence-corrected chi connectivity index (χ0v) is 14.7. The van der Waals surface area contributed by atoms with Gasteiger partial charge in [0.2, 0.25) is 5.89 Å². The van der Waals surface area contributed by atoms with E-state index in [9.17, 15) is 4.79 Å². The van der Waals surface area contributed by atoms with E-state index in [1.165, 1.54) is 6.26 Å². The molecule has 134 valence electrons. The molecule has 3 rings (SSSR count). The van der Waals surface area contributed by atoms with Gasteiger partial charge in [-0.25, -0.2) is 4.98 Å². The van der Waals surface area contributed by atoms with Gasteiger partial charge < -0.3 is 19.2 Å². The fourth-order valence-corrected chi connectivity index (χ4v) is 2.39. The van der Waals surface area contributed by atoms with Crippen molar-refractivity contribution in [2.75, 3.05) is 7.11 Å². The quantitative estimate of drug-likeness (QED) is 0.704. The second kappa shape index (κ2) is 8.20. The van der Waals surface area contributed by atoms with Crippen molar-refractivity contribution >= 4 is 5.91 Å². The minimum absolute atomic E-state index is 0.136. The van der Waals surface area contributed by atoms with Gasteiger partial charge in [-0.1, -0.05) is 29.8 Å². The molecule has 6 nitrogen and oxygen atoms in total. The minimum atomic E-state index is -0.286. The van der Waals surface area contributed by atoms with Crippen LogP contribution in [-0.4, -0.2) is 18.0 Å². The van der Waals surface area contributed by atoms with E-state index in [4.69, 9.17) is 13.9 Å². The highest BCUT2D eigenvalue weighted by Crippen LogP contribution is 2.18. The Hall–Kier alpha value is -3.28. The fourth-order valence-electron chi connectivity index (χ4n) is 2.39. The van der Waals surface area contributed by atoms with Crippen LogP contribution in [0.25, 0.3) is 0 Å². The maximum absolute atomic E-state index is 12.2. The molecule has 0 aliphatic rings. The molecule has 0 aliphatic heterocycles. The van der Waals surface area contributed by atoms with Crippen molar-refractivity contribution in [3.8, 4) is 11.5 Å². The van der Waals surface area contributed by atoms with Crippen LogP contribution in [0.1, 0.15) is 27.5 Å². The van der Waals surface area contributed by atoms with Gasteiger partial charge in [-0.2, -0.15) is 0 Å². The summed E-state index contributed by atoms with van der Waals surface area (Å²) in [6, 6.07) is 15.1. The summed E-state index contributed by atoms with van der Waals surface area (Å²) in [7, 11) is 1.61. The Morgan fingerprint density at radius 3 is 2.65 bits per heavy atom. The number of aryl methyl sites for hydroxylation is 1. The Labute approximate surface area is 151 Å². The van der Waals surface area contributed by atoms with Gasteiger partial charge in [-0.15, -0.1) is 0 Å². The van der Waals surface area contributed by atoms with Gasteiger partial charge >= 0.3 is 0 Å². The predicted molar refractivity (Wildman–Crippen MR) is 96.2 cm³/mol. The minimum Gasteiger partial charge on any atom is -0.497 e. The molecule has 0 atom stereocenters.